The second-order valence-electron chi connectivity index (χ2n) is 5.13. The summed E-state index contributed by atoms with van der Waals surface area (Å²) in [4.78, 5) is 0. The molecule has 1 radical (unpaired) electrons. The molecule has 83 valence electrons. The van der Waals surface area contributed by atoms with Gasteiger partial charge in [-0.25, -0.2) is 0 Å². The highest BCUT2D eigenvalue weighted by Crippen LogP contribution is 2.28. The van der Waals surface area contributed by atoms with Gasteiger partial charge in [-0.15, -0.1) is 0 Å². The lowest BCUT2D eigenvalue weighted by molar-refractivity contribution is -0.129. The maximum Gasteiger partial charge on any atom is 0.108 e. The first kappa shape index (κ1) is 11.9. The summed E-state index contributed by atoms with van der Waals surface area (Å²) in [7, 11) is 0. The quantitative estimate of drug-likeness (QED) is 0.561. The molecule has 0 spiro atoms. The van der Waals surface area contributed by atoms with Gasteiger partial charge in [0, 0.05) is 0 Å². The monoisotopic (exact) mass is 202 g/mol. The van der Waals surface area contributed by atoms with Crippen LogP contribution in [0.5, 0.6) is 0 Å². The van der Waals surface area contributed by atoms with E-state index in [1.54, 1.807) is 0 Å². The van der Waals surface area contributed by atoms with Gasteiger partial charge in [0.1, 0.15) is 18.8 Å². The summed E-state index contributed by atoms with van der Waals surface area (Å²) in [5.74, 6) is 0. The van der Waals surface area contributed by atoms with Crippen LogP contribution in [0.1, 0.15) is 27.2 Å². The van der Waals surface area contributed by atoms with E-state index in [4.69, 9.17) is 10.5 Å². The highest BCUT2D eigenvalue weighted by Gasteiger charge is 2.38. The molecular weight excluding hydrogens is 182 g/mol. The minimum absolute atomic E-state index is 0.0562. The number of hydrogen-bond acceptors (Lipinski definition) is 4. The normalized spacial score (nSPS) is 39.9. The van der Waals surface area contributed by atoms with Crippen molar-refractivity contribution in [3.8, 4) is 0 Å². The van der Waals surface area contributed by atoms with Gasteiger partial charge < -0.3 is 20.7 Å². The molecule has 1 fully saturated rings. The van der Waals surface area contributed by atoms with Gasteiger partial charge in [0.25, 0.3) is 0 Å². The Morgan fingerprint density at radius 1 is 1.29 bits per heavy atom. The summed E-state index contributed by atoms with van der Waals surface area (Å²) in [6, 6.07) is -0.596. The molecule has 0 amide bonds. The summed E-state index contributed by atoms with van der Waals surface area (Å²) in [6.45, 7) is 7.59. The van der Waals surface area contributed by atoms with Crippen LogP contribution in [-0.4, -0.2) is 34.6 Å². The first-order valence-corrected chi connectivity index (χ1v) is 4.92. The van der Waals surface area contributed by atoms with E-state index < -0.39 is 18.2 Å². The van der Waals surface area contributed by atoms with E-state index in [0.29, 0.717) is 6.42 Å². The summed E-state index contributed by atoms with van der Waals surface area (Å²) in [5.41, 5.74) is 5.56. The number of aliphatic hydroxyl groups excluding tert-OH is 2. The van der Waals surface area contributed by atoms with Crippen molar-refractivity contribution in [2.45, 2.75) is 51.5 Å². The first-order chi connectivity index (χ1) is 6.31. The largest absolute Gasteiger partial charge is 0.389 e. The number of rotatable bonds is 1. The average Bonchev–Trinajstić information content (AvgIpc) is 2.04. The van der Waals surface area contributed by atoms with Gasteiger partial charge in [0.05, 0.1) is 12.1 Å². The van der Waals surface area contributed by atoms with Crippen LogP contribution in [0.2, 0.25) is 0 Å². The van der Waals surface area contributed by atoms with Crippen molar-refractivity contribution >= 4 is 0 Å². The van der Waals surface area contributed by atoms with Crippen molar-refractivity contribution in [2.24, 2.45) is 11.1 Å². The zero-order valence-corrected chi connectivity index (χ0v) is 8.97. The maximum atomic E-state index is 9.70. The Balaban J connectivity index is 2.55. The maximum absolute atomic E-state index is 9.70. The molecular formula is C10H20NO3. The van der Waals surface area contributed by atoms with Crippen LogP contribution in [0, 0.1) is 12.0 Å². The zero-order chi connectivity index (χ0) is 10.9. The minimum atomic E-state index is -0.920. The molecule has 14 heavy (non-hydrogen) atoms. The smallest absolute Gasteiger partial charge is 0.108 e. The number of aliphatic hydroxyl groups is 2. The molecule has 0 saturated carbocycles. The van der Waals surface area contributed by atoms with Gasteiger partial charge in [0.15, 0.2) is 0 Å². The molecule has 1 aliphatic rings. The SMILES string of the molecule is CC(C)(C)C[C@H]1O[CH][C@H](N)[C@@H](O)[C@H]1O. The minimum Gasteiger partial charge on any atom is -0.389 e. The topological polar surface area (TPSA) is 75.7 Å². The van der Waals surface area contributed by atoms with Crippen molar-refractivity contribution in [1.82, 2.24) is 0 Å². The Hall–Kier alpha value is -0.160. The van der Waals surface area contributed by atoms with E-state index in [1.807, 2.05) is 0 Å². The molecule has 1 saturated heterocycles. The number of ether oxygens (including phenoxy) is 1. The van der Waals surface area contributed by atoms with Crippen LogP contribution in [0.25, 0.3) is 0 Å². The third-order valence-corrected chi connectivity index (χ3v) is 2.35. The summed E-state index contributed by atoms with van der Waals surface area (Å²) < 4.78 is 5.29. The Morgan fingerprint density at radius 2 is 1.86 bits per heavy atom. The molecule has 0 bridgehead atoms. The van der Waals surface area contributed by atoms with Gasteiger partial charge in [-0.3, -0.25) is 0 Å². The average molecular weight is 202 g/mol. The summed E-state index contributed by atoms with van der Waals surface area (Å²) >= 11 is 0. The predicted octanol–water partition coefficient (Wildman–Crippen LogP) is 0.0323. The van der Waals surface area contributed by atoms with Gasteiger partial charge in [-0.1, -0.05) is 20.8 Å². The fourth-order valence-electron chi connectivity index (χ4n) is 1.57. The molecule has 0 aromatic carbocycles. The van der Waals surface area contributed by atoms with Crippen molar-refractivity contribution in [3.63, 3.8) is 0 Å². The van der Waals surface area contributed by atoms with Gasteiger partial charge in [-0.2, -0.15) is 0 Å². The number of hydrogen-bond donors (Lipinski definition) is 3. The van der Waals surface area contributed by atoms with Crippen LogP contribution < -0.4 is 5.73 Å². The highest BCUT2D eigenvalue weighted by molar-refractivity contribution is 4.95. The third-order valence-electron chi connectivity index (χ3n) is 2.35. The molecule has 0 unspecified atom stereocenters. The van der Waals surface area contributed by atoms with Crippen LogP contribution in [0.3, 0.4) is 0 Å². The van der Waals surface area contributed by atoms with E-state index in [0.717, 1.165) is 0 Å². The molecule has 0 aromatic rings. The van der Waals surface area contributed by atoms with Crippen LogP contribution in [-0.2, 0) is 4.74 Å². The molecule has 4 nitrogen and oxygen atoms in total. The van der Waals surface area contributed by atoms with Gasteiger partial charge in [0.2, 0.25) is 0 Å². The Bertz CT molecular complexity index is 190. The molecule has 4 atom stereocenters. The van der Waals surface area contributed by atoms with E-state index in [9.17, 15) is 10.2 Å². The molecule has 0 aromatic heterocycles. The second-order valence-corrected chi connectivity index (χ2v) is 5.13. The van der Waals surface area contributed by atoms with Crippen molar-refractivity contribution in [1.29, 1.82) is 0 Å². The van der Waals surface area contributed by atoms with E-state index >= 15 is 0 Å². The fraction of sp³-hybridized carbons (Fsp3) is 0.900. The van der Waals surface area contributed by atoms with Gasteiger partial charge >= 0.3 is 0 Å². The van der Waals surface area contributed by atoms with E-state index in [1.165, 1.54) is 6.61 Å². The van der Waals surface area contributed by atoms with Crippen LogP contribution in [0.15, 0.2) is 0 Å². The van der Waals surface area contributed by atoms with Crippen molar-refractivity contribution < 1.29 is 14.9 Å². The van der Waals surface area contributed by atoms with E-state index in [-0.39, 0.29) is 11.5 Å². The van der Waals surface area contributed by atoms with E-state index in [2.05, 4.69) is 20.8 Å². The first-order valence-electron chi connectivity index (χ1n) is 4.92. The molecule has 1 rings (SSSR count). The predicted molar refractivity (Wildman–Crippen MR) is 53.2 cm³/mol. The Labute approximate surface area is 85.1 Å². The van der Waals surface area contributed by atoms with Crippen molar-refractivity contribution in [3.05, 3.63) is 6.61 Å². The molecule has 0 aliphatic carbocycles. The Kier molecular flexibility index (Phi) is 3.53. The zero-order valence-electron chi connectivity index (χ0n) is 8.97. The lowest BCUT2D eigenvalue weighted by atomic mass is 9.84. The molecule has 1 aliphatic heterocycles. The van der Waals surface area contributed by atoms with Crippen LogP contribution >= 0.6 is 0 Å². The second kappa shape index (κ2) is 4.14. The highest BCUT2D eigenvalue weighted by atomic mass is 16.5. The lowest BCUT2D eigenvalue weighted by Gasteiger charge is -2.38. The lowest BCUT2D eigenvalue weighted by Crippen LogP contribution is -2.54. The van der Waals surface area contributed by atoms with Crippen LogP contribution in [0.4, 0.5) is 0 Å². The summed E-state index contributed by atoms with van der Waals surface area (Å²) in [6.07, 6.45) is -1.48. The molecule has 4 heteroatoms. The standard InChI is InChI=1S/C10H20NO3/c1-10(2,3)4-7-9(13)8(12)6(11)5-14-7/h5-9,12-13H,4,11H2,1-3H3/t6-,7+,8+,9-/m0/s1. The third kappa shape index (κ3) is 2.92. The van der Waals surface area contributed by atoms with Crippen molar-refractivity contribution in [2.75, 3.05) is 0 Å². The molecule has 4 N–H and O–H groups in total. The van der Waals surface area contributed by atoms with Gasteiger partial charge in [-0.05, 0) is 11.8 Å². The molecule has 1 heterocycles. The summed E-state index contributed by atoms with van der Waals surface area (Å²) in [5, 5.41) is 19.2. The fourth-order valence-corrected chi connectivity index (χ4v) is 1.57. The number of nitrogens with two attached hydrogens (primary N) is 1. The Morgan fingerprint density at radius 3 is 2.36 bits per heavy atom.